The van der Waals surface area contributed by atoms with Gasteiger partial charge in [-0.1, -0.05) is 37.3 Å². The number of aromatic nitrogens is 5. The molecular formula is C23H19N5O2. The topological polar surface area (TPSA) is 74.3 Å². The molecule has 0 aliphatic rings. The summed E-state index contributed by atoms with van der Waals surface area (Å²) in [5.41, 5.74) is 4.88. The molecule has 148 valence electrons. The minimum absolute atomic E-state index is 0.229. The Kier molecular flexibility index (Phi) is 4.28. The maximum atomic E-state index is 13.1. The van der Waals surface area contributed by atoms with Crippen LogP contribution in [-0.2, 0) is 6.42 Å². The van der Waals surface area contributed by atoms with Gasteiger partial charge in [0.15, 0.2) is 11.2 Å². The van der Waals surface area contributed by atoms with Gasteiger partial charge in [0.25, 0.3) is 5.56 Å². The van der Waals surface area contributed by atoms with E-state index in [-0.39, 0.29) is 11.1 Å². The average molecular weight is 397 g/mol. The highest BCUT2D eigenvalue weighted by Crippen LogP contribution is 2.30. The molecule has 0 bridgehead atoms. The molecule has 0 radical (unpaired) electrons. The molecule has 0 aliphatic carbocycles. The van der Waals surface area contributed by atoms with Crippen LogP contribution in [-0.4, -0.2) is 31.5 Å². The number of rotatable bonds is 4. The van der Waals surface area contributed by atoms with Crippen molar-refractivity contribution in [2.45, 2.75) is 13.3 Å². The van der Waals surface area contributed by atoms with E-state index in [1.54, 1.807) is 22.4 Å². The van der Waals surface area contributed by atoms with Gasteiger partial charge in [-0.25, -0.2) is 4.52 Å². The molecule has 0 atom stereocenters. The van der Waals surface area contributed by atoms with Crippen molar-refractivity contribution in [1.82, 2.24) is 24.4 Å². The molecule has 7 heteroatoms. The van der Waals surface area contributed by atoms with E-state index >= 15 is 0 Å². The normalized spacial score (nSPS) is 11.3. The molecule has 0 fully saturated rings. The molecule has 7 nitrogen and oxygen atoms in total. The maximum Gasteiger partial charge on any atom is 0.285 e. The van der Waals surface area contributed by atoms with Gasteiger partial charge in [0.1, 0.15) is 11.3 Å². The second-order valence-corrected chi connectivity index (χ2v) is 6.90. The molecule has 0 amide bonds. The molecular weight excluding hydrogens is 378 g/mol. The highest BCUT2D eigenvalue weighted by molar-refractivity contribution is 5.84. The lowest BCUT2D eigenvalue weighted by Gasteiger charge is -2.07. The number of methoxy groups -OCH3 is 1. The van der Waals surface area contributed by atoms with Crippen LogP contribution in [0.3, 0.4) is 0 Å². The maximum absolute atomic E-state index is 13.1. The van der Waals surface area contributed by atoms with Crippen molar-refractivity contribution in [3.63, 3.8) is 0 Å². The zero-order valence-corrected chi connectivity index (χ0v) is 16.6. The number of hydrogen-bond acceptors (Lipinski definition) is 5. The summed E-state index contributed by atoms with van der Waals surface area (Å²) >= 11 is 0. The van der Waals surface area contributed by atoms with E-state index in [1.165, 1.54) is 0 Å². The van der Waals surface area contributed by atoms with Crippen LogP contribution >= 0.6 is 0 Å². The summed E-state index contributed by atoms with van der Waals surface area (Å²) in [4.78, 5) is 13.1. The number of pyridine rings is 1. The first kappa shape index (κ1) is 18.1. The quantitative estimate of drug-likeness (QED) is 0.463. The first-order chi connectivity index (χ1) is 14.7. The third-order valence-corrected chi connectivity index (χ3v) is 5.20. The minimum atomic E-state index is -0.229. The molecule has 0 saturated carbocycles. The van der Waals surface area contributed by atoms with Gasteiger partial charge >= 0.3 is 0 Å². The van der Waals surface area contributed by atoms with Crippen LogP contribution in [0.25, 0.3) is 33.5 Å². The van der Waals surface area contributed by atoms with Gasteiger partial charge in [-0.15, -0.1) is 10.2 Å². The zero-order chi connectivity index (χ0) is 20.7. The summed E-state index contributed by atoms with van der Waals surface area (Å²) in [7, 11) is 1.64. The minimum Gasteiger partial charge on any atom is -0.497 e. The molecule has 3 heterocycles. The number of aryl methyl sites for hydroxylation is 1. The first-order valence-electron chi connectivity index (χ1n) is 9.70. The third-order valence-electron chi connectivity index (χ3n) is 5.20. The molecule has 30 heavy (non-hydrogen) atoms. The van der Waals surface area contributed by atoms with Gasteiger partial charge < -0.3 is 4.74 Å². The first-order valence-corrected chi connectivity index (χ1v) is 9.70. The number of fused-ring (bicyclic) bond motifs is 3. The van der Waals surface area contributed by atoms with E-state index in [9.17, 15) is 4.79 Å². The molecule has 5 rings (SSSR count). The van der Waals surface area contributed by atoms with Gasteiger partial charge in [0.2, 0.25) is 0 Å². The number of ether oxygens (including phenoxy) is 1. The van der Waals surface area contributed by atoms with Crippen molar-refractivity contribution in [2.75, 3.05) is 7.11 Å². The Balaban J connectivity index is 1.76. The van der Waals surface area contributed by atoms with Crippen LogP contribution in [0.5, 0.6) is 5.75 Å². The summed E-state index contributed by atoms with van der Waals surface area (Å²) in [6.07, 6.45) is 2.48. The average Bonchev–Trinajstić information content (AvgIpc) is 3.19. The lowest BCUT2D eigenvalue weighted by Crippen LogP contribution is -2.20. The summed E-state index contributed by atoms with van der Waals surface area (Å²) in [5, 5.41) is 13.4. The number of benzene rings is 2. The van der Waals surface area contributed by atoms with E-state index in [1.807, 2.05) is 67.6 Å². The Morgan fingerprint density at radius 3 is 2.43 bits per heavy atom. The van der Waals surface area contributed by atoms with Crippen LogP contribution in [0.15, 0.2) is 71.7 Å². The SMILES string of the molecule is CCc1nn2c(nnc3c(=O)n(-c4ccccc4)ccc32)c1-c1ccc(OC)cc1. The summed E-state index contributed by atoms with van der Waals surface area (Å²) in [6, 6.07) is 19.1. The number of nitrogens with zero attached hydrogens (tertiary/aromatic N) is 5. The molecule has 0 N–H and O–H groups in total. The fourth-order valence-corrected chi connectivity index (χ4v) is 3.68. The van der Waals surface area contributed by atoms with Gasteiger partial charge in [-0.2, -0.15) is 5.10 Å². The van der Waals surface area contributed by atoms with Crippen LogP contribution in [0.4, 0.5) is 0 Å². The lowest BCUT2D eigenvalue weighted by molar-refractivity contribution is 0.415. The predicted octanol–water partition coefficient (Wildman–Crippen LogP) is 3.67. The molecule has 0 unspecified atom stereocenters. The lowest BCUT2D eigenvalue weighted by atomic mass is 10.0. The van der Waals surface area contributed by atoms with Gasteiger partial charge in [-0.3, -0.25) is 9.36 Å². The smallest absolute Gasteiger partial charge is 0.285 e. The van der Waals surface area contributed by atoms with E-state index in [0.29, 0.717) is 11.2 Å². The van der Waals surface area contributed by atoms with E-state index in [2.05, 4.69) is 10.2 Å². The Morgan fingerprint density at radius 1 is 0.967 bits per heavy atom. The van der Waals surface area contributed by atoms with E-state index in [4.69, 9.17) is 9.84 Å². The summed E-state index contributed by atoms with van der Waals surface area (Å²) in [5.74, 6) is 0.784. The van der Waals surface area contributed by atoms with Crippen molar-refractivity contribution >= 4 is 16.7 Å². The van der Waals surface area contributed by atoms with Crippen molar-refractivity contribution in [2.24, 2.45) is 0 Å². The number of para-hydroxylation sites is 1. The number of hydrogen-bond donors (Lipinski definition) is 0. The van der Waals surface area contributed by atoms with Gasteiger partial charge in [0, 0.05) is 11.9 Å². The largest absolute Gasteiger partial charge is 0.497 e. The van der Waals surface area contributed by atoms with Crippen molar-refractivity contribution in [1.29, 1.82) is 0 Å². The standard InChI is InChI=1S/C23H19N5O2/c1-3-18-20(15-9-11-17(30-2)12-10-15)22-25-24-21-19(28(22)26-18)13-14-27(23(21)29)16-7-5-4-6-8-16/h4-14H,3H2,1-2H3. The van der Waals surface area contributed by atoms with E-state index < -0.39 is 0 Å². The van der Waals surface area contributed by atoms with Crippen LogP contribution in [0, 0.1) is 0 Å². The molecule has 0 saturated heterocycles. The third kappa shape index (κ3) is 2.75. The molecule has 3 aromatic heterocycles. The fraction of sp³-hybridized carbons (Fsp3) is 0.130. The van der Waals surface area contributed by atoms with Crippen LogP contribution < -0.4 is 10.3 Å². The van der Waals surface area contributed by atoms with Gasteiger partial charge in [-0.05, 0) is 42.3 Å². The van der Waals surface area contributed by atoms with E-state index in [0.717, 1.165) is 34.7 Å². The second-order valence-electron chi connectivity index (χ2n) is 6.90. The Bertz CT molecular complexity index is 1420. The monoisotopic (exact) mass is 397 g/mol. The Morgan fingerprint density at radius 2 is 1.73 bits per heavy atom. The van der Waals surface area contributed by atoms with Gasteiger partial charge in [0.05, 0.1) is 18.4 Å². The highest BCUT2D eigenvalue weighted by Gasteiger charge is 2.19. The summed E-state index contributed by atoms with van der Waals surface area (Å²) < 4.78 is 8.55. The van der Waals surface area contributed by atoms with Crippen molar-refractivity contribution < 1.29 is 4.74 Å². The summed E-state index contributed by atoms with van der Waals surface area (Å²) in [6.45, 7) is 2.05. The van der Waals surface area contributed by atoms with Crippen LogP contribution in [0.2, 0.25) is 0 Å². The van der Waals surface area contributed by atoms with Crippen molar-refractivity contribution in [3.8, 4) is 22.6 Å². The Hall–Kier alpha value is -4.00. The fourth-order valence-electron chi connectivity index (χ4n) is 3.68. The molecule has 0 aliphatic heterocycles. The molecule has 5 aromatic rings. The molecule has 2 aromatic carbocycles. The Labute approximate surface area is 172 Å². The zero-order valence-electron chi connectivity index (χ0n) is 16.6. The van der Waals surface area contributed by atoms with Crippen LogP contribution in [0.1, 0.15) is 12.6 Å². The predicted molar refractivity (Wildman–Crippen MR) is 115 cm³/mol. The molecule has 0 spiro atoms. The van der Waals surface area contributed by atoms with Crippen molar-refractivity contribution in [3.05, 3.63) is 82.9 Å². The second kappa shape index (κ2) is 7.11. The highest BCUT2D eigenvalue weighted by atomic mass is 16.5.